The summed E-state index contributed by atoms with van der Waals surface area (Å²) in [6, 6.07) is 7.42. The average Bonchev–Trinajstić information content (AvgIpc) is 2.97. The molecule has 1 aromatic carbocycles. The Labute approximate surface area is 146 Å². The molecule has 136 valence electrons. The third-order valence-corrected chi connectivity index (χ3v) is 5.49. The summed E-state index contributed by atoms with van der Waals surface area (Å²) in [5.74, 6) is 0. The number of piperidine rings is 1. The number of carbonyl (C=O) groups is 1. The Morgan fingerprint density at radius 2 is 2.04 bits per heavy atom. The van der Waals surface area contributed by atoms with E-state index in [2.05, 4.69) is 17.2 Å². The van der Waals surface area contributed by atoms with Gasteiger partial charge in [-0.25, -0.2) is 9.59 Å². The molecule has 25 heavy (non-hydrogen) atoms. The van der Waals surface area contributed by atoms with Crippen molar-refractivity contribution in [2.75, 3.05) is 26.2 Å². The standard InChI is InChI=1S/C18H26N4O3/c1-2-18(13-23)7-10-21(11-8-18)16(24)19-9-12-22-15-6-4-3-5-14(15)20-17(22)25/h3-6,23H,2,7-13H2,1H3,(H,19,24)(H,20,25). The van der Waals surface area contributed by atoms with E-state index in [9.17, 15) is 14.7 Å². The van der Waals surface area contributed by atoms with Crippen LogP contribution in [0.4, 0.5) is 4.79 Å². The van der Waals surface area contributed by atoms with E-state index in [0.29, 0.717) is 26.2 Å². The van der Waals surface area contributed by atoms with Crippen molar-refractivity contribution in [2.45, 2.75) is 32.7 Å². The Morgan fingerprint density at radius 3 is 2.72 bits per heavy atom. The molecule has 1 aromatic heterocycles. The molecular formula is C18H26N4O3. The summed E-state index contributed by atoms with van der Waals surface area (Å²) >= 11 is 0. The number of nitrogens with one attached hydrogen (secondary N) is 2. The van der Waals surface area contributed by atoms with Crippen molar-refractivity contribution < 1.29 is 9.90 Å². The van der Waals surface area contributed by atoms with Crippen molar-refractivity contribution in [2.24, 2.45) is 5.41 Å². The number of aliphatic hydroxyl groups is 1. The van der Waals surface area contributed by atoms with Gasteiger partial charge in [0.1, 0.15) is 0 Å². The van der Waals surface area contributed by atoms with Gasteiger partial charge in [-0.3, -0.25) is 4.57 Å². The number of benzene rings is 1. The lowest BCUT2D eigenvalue weighted by Crippen LogP contribution is -2.48. The first-order valence-electron chi connectivity index (χ1n) is 8.90. The average molecular weight is 346 g/mol. The summed E-state index contributed by atoms with van der Waals surface area (Å²) in [4.78, 5) is 28.9. The number of carbonyl (C=O) groups excluding carboxylic acids is 1. The number of hydrogen-bond donors (Lipinski definition) is 3. The molecule has 0 unspecified atom stereocenters. The van der Waals surface area contributed by atoms with Gasteiger partial charge >= 0.3 is 11.7 Å². The van der Waals surface area contributed by atoms with Gasteiger partial charge in [0, 0.05) is 32.8 Å². The van der Waals surface area contributed by atoms with E-state index >= 15 is 0 Å². The van der Waals surface area contributed by atoms with Crippen LogP contribution in [-0.2, 0) is 6.54 Å². The minimum absolute atomic E-state index is 0.0336. The van der Waals surface area contributed by atoms with Crippen LogP contribution in [0.2, 0.25) is 0 Å². The number of para-hydroxylation sites is 2. The van der Waals surface area contributed by atoms with Crippen molar-refractivity contribution in [3.63, 3.8) is 0 Å². The molecule has 1 aliphatic rings. The number of aromatic nitrogens is 2. The number of aromatic amines is 1. The second-order valence-corrected chi connectivity index (χ2v) is 6.83. The number of likely N-dealkylation sites (tertiary alicyclic amines) is 1. The van der Waals surface area contributed by atoms with E-state index in [1.165, 1.54) is 0 Å². The Hall–Kier alpha value is -2.28. The molecule has 2 heterocycles. The molecule has 0 aliphatic carbocycles. The normalized spacial score (nSPS) is 17.0. The van der Waals surface area contributed by atoms with E-state index in [1.807, 2.05) is 24.3 Å². The minimum Gasteiger partial charge on any atom is -0.396 e. The highest BCUT2D eigenvalue weighted by Crippen LogP contribution is 2.34. The summed E-state index contributed by atoms with van der Waals surface area (Å²) in [5.41, 5.74) is 1.45. The minimum atomic E-state index is -0.163. The predicted molar refractivity (Wildman–Crippen MR) is 96.6 cm³/mol. The van der Waals surface area contributed by atoms with E-state index in [4.69, 9.17) is 0 Å². The summed E-state index contributed by atoms with van der Waals surface area (Å²) in [7, 11) is 0. The van der Waals surface area contributed by atoms with Gasteiger partial charge in [-0.05, 0) is 36.8 Å². The zero-order chi connectivity index (χ0) is 17.9. The highest BCUT2D eigenvalue weighted by Gasteiger charge is 2.33. The lowest BCUT2D eigenvalue weighted by atomic mass is 9.77. The molecule has 0 saturated carbocycles. The van der Waals surface area contributed by atoms with Gasteiger partial charge in [0.25, 0.3) is 0 Å². The molecule has 0 radical (unpaired) electrons. The van der Waals surface area contributed by atoms with Crippen LogP contribution in [0.1, 0.15) is 26.2 Å². The first kappa shape index (κ1) is 17.5. The maximum Gasteiger partial charge on any atom is 0.326 e. The maximum absolute atomic E-state index is 12.3. The molecule has 2 aromatic rings. The molecule has 0 spiro atoms. The van der Waals surface area contributed by atoms with Crippen molar-refractivity contribution in [3.05, 3.63) is 34.7 Å². The zero-order valence-corrected chi connectivity index (χ0v) is 14.6. The topological polar surface area (TPSA) is 90.4 Å². The van der Waals surface area contributed by atoms with Gasteiger partial charge in [-0.15, -0.1) is 0 Å². The number of rotatable bonds is 5. The highest BCUT2D eigenvalue weighted by atomic mass is 16.3. The largest absolute Gasteiger partial charge is 0.396 e. The van der Waals surface area contributed by atoms with Crippen LogP contribution in [0.25, 0.3) is 11.0 Å². The fourth-order valence-corrected chi connectivity index (χ4v) is 3.52. The maximum atomic E-state index is 12.3. The Kier molecular flexibility index (Phi) is 5.13. The summed E-state index contributed by atoms with van der Waals surface area (Å²) in [6.07, 6.45) is 2.59. The van der Waals surface area contributed by atoms with Gasteiger partial charge in [-0.2, -0.15) is 0 Å². The monoisotopic (exact) mass is 346 g/mol. The van der Waals surface area contributed by atoms with Crippen LogP contribution in [0.3, 0.4) is 0 Å². The van der Waals surface area contributed by atoms with Crippen molar-refractivity contribution in [1.29, 1.82) is 0 Å². The van der Waals surface area contributed by atoms with Crippen LogP contribution in [0, 0.1) is 5.41 Å². The Balaban J connectivity index is 1.53. The number of nitrogens with zero attached hydrogens (tertiary/aromatic N) is 2. The van der Waals surface area contributed by atoms with Crippen LogP contribution in [-0.4, -0.2) is 51.8 Å². The SMILES string of the molecule is CCC1(CO)CCN(C(=O)NCCn2c(=O)[nH]c3ccccc32)CC1. The molecule has 0 atom stereocenters. The van der Waals surface area contributed by atoms with Crippen LogP contribution < -0.4 is 11.0 Å². The van der Waals surface area contributed by atoms with Crippen LogP contribution in [0.15, 0.2) is 29.1 Å². The van der Waals surface area contributed by atoms with Crippen molar-refractivity contribution >= 4 is 17.1 Å². The first-order chi connectivity index (χ1) is 12.1. The fraction of sp³-hybridized carbons (Fsp3) is 0.556. The van der Waals surface area contributed by atoms with Gasteiger partial charge in [0.2, 0.25) is 0 Å². The third-order valence-electron chi connectivity index (χ3n) is 5.49. The Bertz CT molecular complexity index is 781. The smallest absolute Gasteiger partial charge is 0.326 e. The molecule has 7 heteroatoms. The molecule has 3 rings (SSSR count). The molecule has 1 saturated heterocycles. The highest BCUT2D eigenvalue weighted by molar-refractivity contribution is 5.75. The molecule has 0 bridgehead atoms. The first-order valence-corrected chi connectivity index (χ1v) is 8.90. The third kappa shape index (κ3) is 3.56. The summed E-state index contributed by atoms with van der Waals surface area (Å²) in [5, 5.41) is 12.5. The molecular weight excluding hydrogens is 320 g/mol. The number of urea groups is 1. The summed E-state index contributed by atoms with van der Waals surface area (Å²) < 4.78 is 1.64. The molecule has 3 N–H and O–H groups in total. The number of aliphatic hydroxyl groups excluding tert-OH is 1. The second-order valence-electron chi connectivity index (χ2n) is 6.83. The van der Waals surface area contributed by atoms with E-state index in [-0.39, 0.29) is 23.7 Å². The van der Waals surface area contributed by atoms with Gasteiger partial charge in [0.05, 0.1) is 11.0 Å². The van der Waals surface area contributed by atoms with Crippen molar-refractivity contribution in [3.8, 4) is 0 Å². The molecule has 7 nitrogen and oxygen atoms in total. The lowest BCUT2D eigenvalue weighted by Gasteiger charge is -2.40. The van der Waals surface area contributed by atoms with E-state index < -0.39 is 0 Å². The number of H-pyrrole nitrogens is 1. The number of hydrogen-bond acceptors (Lipinski definition) is 3. The predicted octanol–water partition coefficient (Wildman–Crippen LogP) is 1.52. The molecule has 1 fully saturated rings. The number of amides is 2. The number of imidazole rings is 1. The molecule has 1 aliphatic heterocycles. The van der Waals surface area contributed by atoms with E-state index in [0.717, 1.165) is 30.3 Å². The number of fused-ring (bicyclic) bond motifs is 1. The van der Waals surface area contributed by atoms with Gasteiger partial charge in [0.15, 0.2) is 0 Å². The van der Waals surface area contributed by atoms with Crippen molar-refractivity contribution in [1.82, 2.24) is 19.8 Å². The Morgan fingerprint density at radius 1 is 1.32 bits per heavy atom. The zero-order valence-electron chi connectivity index (χ0n) is 14.6. The van der Waals surface area contributed by atoms with E-state index in [1.54, 1.807) is 9.47 Å². The van der Waals surface area contributed by atoms with Gasteiger partial charge in [-0.1, -0.05) is 19.1 Å². The lowest BCUT2D eigenvalue weighted by molar-refractivity contribution is 0.0520. The van der Waals surface area contributed by atoms with Crippen LogP contribution in [0.5, 0.6) is 0 Å². The summed E-state index contributed by atoms with van der Waals surface area (Å²) in [6.45, 7) is 4.42. The molecule has 2 amide bonds. The second kappa shape index (κ2) is 7.31. The van der Waals surface area contributed by atoms with Gasteiger partial charge < -0.3 is 20.3 Å². The van der Waals surface area contributed by atoms with Crippen LogP contribution >= 0.6 is 0 Å². The quantitative estimate of drug-likeness (QED) is 0.767. The fourth-order valence-electron chi connectivity index (χ4n) is 3.52.